The molecule has 0 amide bonds. The molecular formula is C13H19N3. The van der Waals surface area contributed by atoms with E-state index in [-0.39, 0.29) is 0 Å². The summed E-state index contributed by atoms with van der Waals surface area (Å²) in [4.78, 5) is 3.95. The molecule has 0 saturated heterocycles. The predicted octanol–water partition coefficient (Wildman–Crippen LogP) is 2.48. The van der Waals surface area contributed by atoms with Crippen molar-refractivity contribution in [1.29, 1.82) is 5.26 Å². The number of nitrogens with zero attached hydrogens (tertiary/aromatic N) is 2. The highest BCUT2D eigenvalue weighted by molar-refractivity contribution is 5.25. The van der Waals surface area contributed by atoms with Gasteiger partial charge in [0.05, 0.1) is 0 Å². The summed E-state index contributed by atoms with van der Waals surface area (Å²) in [6.45, 7) is 7.42. The Morgan fingerprint density at radius 2 is 2.25 bits per heavy atom. The third kappa shape index (κ3) is 3.63. The van der Waals surface area contributed by atoms with Crippen molar-refractivity contribution in [2.45, 2.75) is 39.8 Å². The van der Waals surface area contributed by atoms with E-state index in [0.29, 0.717) is 17.7 Å². The van der Waals surface area contributed by atoms with Gasteiger partial charge in [-0.05, 0) is 30.0 Å². The molecule has 86 valence electrons. The van der Waals surface area contributed by atoms with E-state index in [0.717, 1.165) is 18.5 Å². The number of hydrogen-bond acceptors (Lipinski definition) is 3. The molecule has 1 rings (SSSR count). The summed E-state index contributed by atoms with van der Waals surface area (Å²) in [6, 6.07) is 6.36. The maximum Gasteiger partial charge on any atom is 0.140 e. The van der Waals surface area contributed by atoms with Gasteiger partial charge in [-0.25, -0.2) is 4.98 Å². The van der Waals surface area contributed by atoms with Crippen LogP contribution >= 0.6 is 0 Å². The summed E-state index contributed by atoms with van der Waals surface area (Å²) in [6.07, 6.45) is 2.81. The van der Waals surface area contributed by atoms with Gasteiger partial charge in [-0.2, -0.15) is 5.26 Å². The second-order valence-corrected chi connectivity index (χ2v) is 4.30. The lowest BCUT2D eigenvalue weighted by Crippen LogP contribution is -2.32. The first kappa shape index (κ1) is 12.7. The standard InChI is InChI=1S/C13H19N3/c1-4-13(10(2)3)16-9-11-5-6-15-12(7-11)8-14/h5-7,10,13,16H,4,9H2,1-3H3. The average Bonchev–Trinajstić information content (AvgIpc) is 2.29. The number of pyridine rings is 1. The Morgan fingerprint density at radius 1 is 1.50 bits per heavy atom. The molecule has 0 aromatic carbocycles. The van der Waals surface area contributed by atoms with Crippen LogP contribution in [0.25, 0.3) is 0 Å². The van der Waals surface area contributed by atoms with E-state index in [2.05, 4.69) is 37.1 Å². The Kier molecular flexibility index (Phi) is 4.94. The van der Waals surface area contributed by atoms with Crippen molar-refractivity contribution in [2.24, 2.45) is 5.92 Å². The number of hydrogen-bond donors (Lipinski definition) is 1. The van der Waals surface area contributed by atoms with Crippen LogP contribution in [0.5, 0.6) is 0 Å². The normalized spacial score (nSPS) is 12.4. The largest absolute Gasteiger partial charge is 0.310 e. The summed E-state index contributed by atoms with van der Waals surface area (Å²) in [5.74, 6) is 0.627. The molecule has 0 aliphatic heterocycles. The lowest BCUT2D eigenvalue weighted by molar-refractivity contribution is 0.387. The second-order valence-electron chi connectivity index (χ2n) is 4.30. The molecule has 1 heterocycles. The SMILES string of the molecule is CCC(NCc1ccnc(C#N)c1)C(C)C. The Bertz CT molecular complexity index is 366. The molecule has 0 fully saturated rings. The fourth-order valence-electron chi connectivity index (χ4n) is 1.75. The molecule has 0 bridgehead atoms. The molecule has 1 atom stereocenters. The molecule has 1 N–H and O–H groups in total. The van der Waals surface area contributed by atoms with Gasteiger partial charge in [-0.1, -0.05) is 20.8 Å². The van der Waals surface area contributed by atoms with Crippen molar-refractivity contribution in [3.05, 3.63) is 29.6 Å². The number of aromatic nitrogens is 1. The van der Waals surface area contributed by atoms with Crippen LogP contribution in [0.1, 0.15) is 38.4 Å². The molecular weight excluding hydrogens is 198 g/mol. The zero-order chi connectivity index (χ0) is 12.0. The molecule has 0 spiro atoms. The monoisotopic (exact) mass is 217 g/mol. The second kappa shape index (κ2) is 6.24. The highest BCUT2D eigenvalue weighted by Gasteiger charge is 2.09. The number of nitriles is 1. The summed E-state index contributed by atoms with van der Waals surface area (Å²) >= 11 is 0. The average molecular weight is 217 g/mol. The van der Waals surface area contributed by atoms with E-state index in [9.17, 15) is 0 Å². The Balaban J connectivity index is 2.57. The van der Waals surface area contributed by atoms with Gasteiger partial charge in [-0.3, -0.25) is 0 Å². The van der Waals surface area contributed by atoms with Crippen LogP contribution in [0.2, 0.25) is 0 Å². The van der Waals surface area contributed by atoms with E-state index in [1.54, 1.807) is 6.20 Å². The van der Waals surface area contributed by atoms with Gasteiger partial charge in [0.1, 0.15) is 11.8 Å². The van der Waals surface area contributed by atoms with E-state index < -0.39 is 0 Å². The van der Waals surface area contributed by atoms with Crippen LogP contribution in [-0.2, 0) is 6.54 Å². The van der Waals surface area contributed by atoms with Gasteiger partial charge >= 0.3 is 0 Å². The number of rotatable bonds is 5. The maximum absolute atomic E-state index is 8.74. The fourth-order valence-corrected chi connectivity index (χ4v) is 1.75. The van der Waals surface area contributed by atoms with Gasteiger partial charge < -0.3 is 5.32 Å². The molecule has 3 nitrogen and oxygen atoms in total. The predicted molar refractivity (Wildman–Crippen MR) is 64.7 cm³/mol. The third-order valence-corrected chi connectivity index (χ3v) is 2.75. The lowest BCUT2D eigenvalue weighted by Gasteiger charge is -2.20. The highest BCUT2D eigenvalue weighted by atomic mass is 14.9. The first-order valence-electron chi connectivity index (χ1n) is 5.75. The van der Waals surface area contributed by atoms with E-state index >= 15 is 0 Å². The van der Waals surface area contributed by atoms with Gasteiger partial charge in [0.15, 0.2) is 0 Å². The molecule has 1 aromatic heterocycles. The third-order valence-electron chi connectivity index (χ3n) is 2.75. The Morgan fingerprint density at radius 3 is 2.81 bits per heavy atom. The van der Waals surface area contributed by atoms with Gasteiger partial charge in [0.2, 0.25) is 0 Å². The minimum absolute atomic E-state index is 0.483. The smallest absolute Gasteiger partial charge is 0.140 e. The minimum Gasteiger partial charge on any atom is -0.310 e. The van der Waals surface area contributed by atoms with Gasteiger partial charge in [0.25, 0.3) is 0 Å². The molecule has 1 unspecified atom stereocenters. The van der Waals surface area contributed by atoms with E-state index in [4.69, 9.17) is 5.26 Å². The molecule has 0 aliphatic rings. The first-order valence-corrected chi connectivity index (χ1v) is 5.75. The maximum atomic E-state index is 8.74. The fraction of sp³-hybridized carbons (Fsp3) is 0.538. The van der Waals surface area contributed by atoms with Crippen molar-refractivity contribution in [1.82, 2.24) is 10.3 Å². The highest BCUT2D eigenvalue weighted by Crippen LogP contribution is 2.07. The summed E-state index contributed by atoms with van der Waals surface area (Å²) in [7, 11) is 0. The van der Waals surface area contributed by atoms with Crippen LogP contribution in [0, 0.1) is 17.2 Å². The summed E-state index contributed by atoms with van der Waals surface area (Å²) in [5.41, 5.74) is 1.60. The van der Waals surface area contributed by atoms with Gasteiger partial charge in [0, 0.05) is 18.8 Å². The molecule has 0 aliphatic carbocycles. The molecule has 1 aromatic rings. The van der Waals surface area contributed by atoms with Crippen molar-refractivity contribution in [2.75, 3.05) is 0 Å². The van der Waals surface area contributed by atoms with Crippen LogP contribution in [0.4, 0.5) is 0 Å². The summed E-state index contributed by atoms with van der Waals surface area (Å²) < 4.78 is 0. The van der Waals surface area contributed by atoms with E-state index in [1.807, 2.05) is 12.1 Å². The van der Waals surface area contributed by atoms with E-state index in [1.165, 1.54) is 0 Å². The minimum atomic E-state index is 0.483. The van der Waals surface area contributed by atoms with Crippen molar-refractivity contribution < 1.29 is 0 Å². The topological polar surface area (TPSA) is 48.7 Å². The van der Waals surface area contributed by atoms with Crippen LogP contribution in [0.3, 0.4) is 0 Å². The Labute approximate surface area is 97.5 Å². The Hall–Kier alpha value is -1.40. The zero-order valence-corrected chi connectivity index (χ0v) is 10.2. The first-order chi connectivity index (χ1) is 7.67. The van der Waals surface area contributed by atoms with Crippen molar-refractivity contribution >= 4 is 0 Å². The van der Waals surface area contributed by atoms with Crippen LogP contribution < -0.4 is 5.32 Å². The molecule has 0 radical (unpaired) electrons. The molecule has 16 heavy (non-hydrogen) atoms. The van der Waals surface area contributed by atoms with Crippen molar-refractivity contribution in [3.63, 3.8) is 0 Å². The lowest BCUT2D eigenvalue weighted by atomic mass is 10.0. The summed E-state index contributed by atoms with van der Waals surface area (Å²) in [5, 5.41) is 12.2. The molecule has 0 saturated carbocycles. The quantitative estimate of drug-likeness (QED) is 0.824. The zero-order valence-electron chi connectivity index (χ0n) is 10.2. The van der Waals surface area contributed by atoms with Crippen LogP contribution in [-0.4, -0.2) is 11.0 Å². The van der Waals surface area contributed by atoms with Gasteiger partial charge in [-0.15, -0.1) is 0 Å². The van der Waals surface area contributed by atoms with Crippen LogP contribution in [0.15, 0.2) is 18.3 Å². The van der Waals surface area contributed by atoms with Crippen molar-refractivity contribution in [3.8, 4) is 6.07 Å². The number of nitrogens with one attached hydrogen (secondary N) is 1. The molecule has 3 heteroatoms.